The summed E-state index contributed by atoms with van der Waals surface area (Å²) < 4.78 is 5.06. The van der Waals surface area contributed by atoms with E-state index < -0.39 is 0 Å². The maximum absolute atomic E-state index is 11.3. The van der Waals surface area contributed by atoms with Gasteiger partial charge in [-0.25, -0.2) is 0 Å². The van der Waals surface area contributed by atoms with Gasteiger partial charge in [0.05, 0.1) is 18.6 Å². The molecule has 0 aliphatic heterocycles. The molecule has 0 spiro atoms. The minimum atomic E-state index is -0.288. The van der Waals surface area contributed by atoms with Crippen molar-refractivity contribution in [2.24, 2.45) is 5.92 Å². The van der Waals surface area contributed by atoms with Crippen LogP contribution in [0.5, 0.6) is 0 Å². The number of rotatable bonds is 4. The second-order valence-corrected chi connectivity index (χ2v) is 3.68. The highest BCUT2D eigenvalue weighted by Crippen LogP contribution is 2.26. The Hall–Kier alpha value is -0.570. The first-order valence-electron chi connectivity index (χ1n) is 5.08. The topological polar surface area (TPSA) is 46.5 Å². The SMILES string of the molecule is CCCCOC(=O)[C@@H]1CC[C@H](O)C1. The highest BCUT2D eigenvalue weighted by molar-refractivity contribution is 5.72. The first-order valence-corrected chi connectivity index (χ1v) is 5.08. The molecule has 3 heteroatoms. The number of esters is 1. The van der Waals surface area contributed by atoms with E-state index in [1.165, 1.54) is 0 Å². The molecular weight excluding hydrogens is 168 g/mol. The molecule has 13 heavy (non-hydrogen) atoms. The minimum Gasteiger partial charge on any atom is -0.465 e. The second kappa shape index (κ2) is 5.22. The van der Waals surface area contributed by atoms with Gasteiger partial charge in [0, 0.05) is 0 Å². The molecule has 0 unspecified atom stereocenters. The molecule has 1 N–H and O–H groups in total. The molecule has 0 saturated heterocycles. The van der Waals surface area contributed by atoms with Crippen LogP contribution in [0.25, 0.3) is 0 Å². The fourth-order valence-corrected chi connectivity index (χ4v) is 1.61. The van der Waals surface area contributed by atoms with E-state index in [1.54, 1.807) is 0 Å². The molecule has 0 aromatic carbocycles. The summed E-state index contributed by atoms with van der Waals surface area (Å²) in [5.74, 6) is -0.170. The molecule has 76 valence electrons. The molecule has 0 radical (unpaired) electrons. The van der Waals surface area contributed by atoms with E-state index in [9.17, 15) is 9.90 Å². The number of aliphatic hydroxyl groups is 1. The fraction of sp³-hybridized carbons (Fsp3) is 0.900. The van der Waals surface area contributed by atoms with Gasteiger partial charge in [0.15, 0.2) is 0 Å². The summed E-state index contributed by atoms with van der Waals surface area (Å²) in [5.41, 5.74) is 0. The van der Waals surface area contributed by atoms with Gasteiger partial charge in [0.25, 0.3) is 0 Å². The highest BCUT2D eigenvalue weighted by atomic mass is 16.5. The number of hydrogen-bond donors (Lipinski definition) is 1. The summed E-state index contributed by atoms with van der Waals surface area (Å²) in [4.78, 5) is 11.3. The molecule has 2 atom stereocenters. The van der Waals surface area contributed by atoms with Gasteiger partial charge in [-0.15, -0.1) is 0 Å². The van der Waals surface area contributed by atoms with Gasteiger partial charge in [-0.1, -0.05) is 13.3 Å². The van der Waals surface area contributed by atoms with Gasteiger partial charge >= 0.3 is 5.97 Å². The Labute approximate surface area is 79.1 Å². The maximum Gasteiger partial charge on any atom is 0.309 e. The van der Waals surface area contributed by atoms with Crippen LogP contribution >= 0.6 is 0 Å². The number of unbranched alkanes of at least 4 members (excludes halogenated alkanes) is 1. The van der Waals surface area contributed by atoms with Crippen LogP contribution in [0.2, 0.25) is 0 Å². The van der Waals surface area contributed by atoms with Gasteiger partial charge in [-0.05, 0) is 25.7 Å². The van der Waals surface area contributed by atoms with Crippen molar-refractivity contribution in [1.29, 1.82) is 0 Å². The molecule has 0 bridgehead atoms. The van der Waals surface area contributed by atoms with Crippen LogP contribution in [0.15, 0.2) is 0 Å². The lowest BCUT2D eigenvalue weighted by molar-refractivity contribution is -0.148. The van der Waals surface area contributed by atoms with Crippen molar-refractivity contribution in [1.82, 2.24) is 0 Å². The summed E-state index contributed by atoms with van der Waals surface area (Å²) in [6, 6.07) is 0. The zero-order valence-corrected chi connectivity index (χ0v) is 8.16. The molecule has 0 heterocycles. The van der Waals surface area contributed by atoms with E-state index in [0.29, 0.717) is 13.0 Å². The molecule has 1 rings (SSSR count). The van der Waals surface area contributed by atoms with Crippen LogP contribution in [0.3, 0.4) is 0 Å². The highest BCUT2D eigenvalue weighted by Gasteiger charge is 2.29. The van der Waals surface area contributed by atoms with E-state index in [4.69, 9.17) is 4.74 Å². The summed E-state index contributed by atoms with van der Waals surface area (Å²) >= 11 is 0. The number of ether oxygens (including phenoxy) is 1. The lowest BCUT2D eigenvalue weighted by Crippen LogP contribution is -2.16. The van der Waals surface area contributed by atoms with Crippen molar-refractivity contribution >= 4 is 5.97 Å². The smallest absolute Gasteiger partial charge is 0.309 e. The van der Waals surface area contributed by atoms with Crippen LogP contribution in [0.4, 0.5) is 0 Å². The van der Waals surface area contributed by atoms with Crippen LogP contribution in [0.1, 0.15) is 39.0 Å². The summed E-state index contributed by atoms with van der Waals surface area (Å²) in [6.07, 6.45) is 3.80. The summed E-state index contributed by atoms with van der Waals surface area (Å²) in [6.45, 7) is 2.59. The van der Waals surface area contributed by atoms with Crippen molar-refractivity contribution in [3.05, 3.63) is 0 Å². The van der Waals surface area contributed by atoms with Gasteiger partial charge in [0.2, 0.25) is 0 Å². The molecule has 1 saturated carbocycles. The van der Waals surface area contributed by atoms with Crippen molar-refractivity contribution in [3.8, 4) is 0 Å². The lowest BCUT2D eigenvalue weighted by atomic mass is 10.1. The van der Waals surface area contributed by atoms with E-state index in [-0.39, 0.29) is 18.0 Å². The Bertz CT molecular complexity index is 168. The third-order valence-electron chi connectivity index (χ3n) is 2.48. The van der Waals surface area contributed by atoms with Crippen molar-refractivity contribution < 1.29 is 14.6 Å². The molecule has 1 fully saturated rings. The molecule has 0 aromatic heterocycles. The number of carbonyl (C=O) groups is 1. The quantitative estimate of drug-likeness (QED) is 0.534. The standard InChI is InChI=1S/C10H18O3/c1-2-3-6-13-10(12)8-4-5-9(11)7-8/h8-9,11H,2-7H2,1H3/t8-,9+/m1/s1. The molecule has 3 nitrogen and oxygen atoms in total. The van der Waals surface area contributed by atoms with Crippen LogP contribution in [0, 0.1) is 5.92 Å². The molecule has 1 aliphatic rings. The summed E-state index contributed by atoms with van der Waals surface area (Å²) in [5, 5.41) is 9.21. The van der Waals surface area contributed by atoms with E-state index in [1.807, 2.05) is 0 Å². The third-order valence-corrected chi connectivity index (χ3v) is 2.48. The average Bonchev–Trinajstić information content (AvgIpc) is 2.52. The normalized spacial score (nSPS) is 27.5. The van der Waals surface area contributed by atoms with Crippen LogP contribution in [-0.4, -0.2) is 23.8 Å². The maximum atomic E-state index is 11.3. The Morgan fingerprint density at radius 1 is 1.54 bits per heavy atom. The van der Waals surface area contributed by atoms with Gasteiger partial charge in [0.1, 0.15) is 0 Å². The fourth-order valence-electron chi connectivity index (χ4n) is 1.61. The number of aliphatic hydroxyl groups excluding tert-OH is 1. The minimum absolute atomic E-state index is 0.0492. The molecule has 1 aliphatic carbocycles. The number of hydrogen-bond acceptors (Lipinski definition) is 3. The molecule has 0 aromatic rings. The van der Waals surface area contributed by atoms with Crippen LogP contribution < -0.4 is 0 Å². The monoisotopic (exact) mass is 186 g/mol. The predicted octanol–water partition coefficient (Wildman–Crippen LogP) is 1.49. The van der Waals surface area contributed by atoms with Crippen molar-refractivity contribution in [2.45, 2.75) is 45.1 Å². The predicted molar refractivity (Wildman–Crippen MR) is 49.2 cm³/mol. The Balaban J connectivity index is 2.16. The molecule has 0 amide bonds. The first-order chi connectivity index (χ1) is 6.24. The Morgan fingerprint density at radius 2 is 2.31 bits per heavy atom. The zero-order chi connectivity index (χ0) is 9.68. The van der Waals surface area contributed by atoms with Crippen molar-refractivity contribution in [3.63, 3.8) is 0 Å². The summed E-state index contributed by atoms with van der Waals surface area (Å²) in [7, 11) is 0. The van der Waals surface area contributed by atoms with Gasteiger partial charge in [-0.2, -0.15) is 0 Å². The lowest BCUT2D eigenvalue weighted by Gasteiger charge is -2.08. The first kappa shape index (κ1) is 10.5. The molecular formula is C10H18O3. The third kappa shape index (κ3) is 3.35. The van der Waals surface area contributed by atoms with E-state index in [2.05, 4.69) is 6.92 Å². The Kier molecular flexibility index (Phi) is 4.22. The average molecular weight is 186 g/mol. The van der Waals surface area contributed by atoms with E-state index >= 15 is 0 Å². The van der Waals surface area contributed by atoms with Crippen LogP contribution in [-0.2, 0) is 9.53 Å². The van der Waals surface area contributed by atoms with Crippen molar-refractivity contribution in [2.75, 3.05) is 6.61 Å². The Morgan fingerprint density at radius 3 is 2.85 bits per heavy atom. The number of carbonyl (C=O) groups excluding carboxylic acids is 1. The zero-order valence-electron chi connectivity index (χ0n) is 8.16. The largest absolute Gasteiger partial charge is 0.465 e. The van der Waals surface area contributed by atoms with E-state index in [0.717, 1.165) is 25.7 Å². The van der Waals surface area contributed by atoms with Gasteiger partial charge in [-0.3, -0.25) is 4.79 Å². The van der Waals surface area contributed by atoms with Gasteiger partial charge < -0.3 is 9.84 Å². The second-order valence-electron chi connectivity index (χ2n) is 3.68.